The Morgan fingerprint density at radius 2 is 1.62 bits per heavy atom. The summed E-state index contributed by atoms with van der Waals surface area (Å²) in [6.07, 6.45) is 0. The van der Waals surface area contributed by atoms with Crippen LogP contribution in [0.3, 0.4) is 0 Å². The molecule has 2 aliphatic rings. The molecule has 176 valence electrons. The van der Waals surface area contributed by atoms with Crippen molar-refractivity contribution >= 4 is 21.6 Å². The Kier molecular flexibility index (Phi) is 6.23. The summed E-state index contributed by atoms with van der Waals surface area (Å²) >= 11 is 0. The second-order valence-electron chi connectivity index (χ2n) is 8.22. The number of anilines is 1. The molecule has 3 aromatic carbocycles. The molecule has 2 aliphatic heterocycles. The van der Waals surface area contributed by atoms with Gasteiger partial charge in [0.25, 0.3) is 5.91 Å². The van der Waals surface area contributed by atoms with E-state index < -0.39 is 10.0 Å². The van der Waals surface area contributed by atoms with E-state index in [1.165, 1.54) is 4.31 Å². The molecule has 0 aliphatic carbocycles. The van der Waals surface area contributed by atoms with E-state index in [4.69, 9.17) is 9.47 Å². The molecule has 1 fully saturated rings. The van der Waals surface area contributed by atoms with Crippen LogP contribution in [-0.2, 0) is 16.6 Å². The number of sulfonamides is 1. The molecule has 9 heteroatoms. The Balaban J connectivity index is 1.19. The Morgan fingerprint density at radius 1 is 0.853 bits per heavy atom. The molecule has 5 rings (SSSR count). The summed E-state index contributed by atoms with van der Waals surface area (Å²) < 4.78 is 37.9. The fourth-order valence-corrected chi connectivity index (χ4v) is 5.56. The minimum Gasteiger partial charge on any atom is -0.454 e. The zero-order valence-corrected chi connectivity index (χ0v) is 19.3. The highest BCUT2D eigenvalue weighted by molar-refractivity contribution is 7.89. The standard InChI is InChI=1S/C25H25N3O5S/c29-25(26-21-9-10-23-24(16-21)33-18-32-23)20-6-4-5-19(15-20)17-27-11-13-28(14-12-27)34(30,31)22-7-2-1-3-8-22/h1-10,15-16H,11-14,17-18H2,(H,26,29). The molecule has 0 bridgehead atoms. The van der Waals surface area contributed by atoms with Crippen LogP contribution < -0.4 is 14.8 Å². The molecule has 0 atom stereocenters. The van der Waals surface area contributed by atoms with Gasteiger partial charge in [-0.2, -0.15) is 4.31 Å². The number of hydrogen-bond donors (Lipinski definition) is 1. The van der Waals surface area contributed by atoms with Gasteiger partial charge in [-0.15, -0.1) is 0 Å². The predicted molar refractivity (Wildman–Crippen MR) is 127 cm³/mol. The lowest BCUT2D eigenvalue weighted by atomic mass is 10.1. The normalized spacial score (nSPS) is 16.4. The average molecular weight is 480 g/mol. The van der Waals surface area contributed by atoms with E-state index in [0.29, 0.717) is 60.4 Å². The first-order valence-corrected chi connectivity index (χ1v) is 12.5. The topological polar surface area (TPSA) is 88.2 Å². The SMILES string of the molecule is O=C(Nc1ccc2c(c1)OCO2)c1cccc(CN2CCN(S(=O)(=O)c3ccccc3)CC2)c1. The molecule has 0 unspecified atom stereocenters. The Morgan fingerprint density at radius 3 is 2.41 bits per heavy atom. The molecule has 8 nitrogen and oxygen atoms in total. The van der Waals surface area contributed by atoms with E-state index in [1.807, 2.05) is 18.2 Å². The van der Waals surface area contributed by atoms with Crippen LogP contribution in [0.25, 0.3) is 0 Å². The first-order valence-electron chi connectivity index (χ1n) is 11.1. The molecule has 1 saturated heterocycles. The maximum Gasteiger partial charge on any atom is 0.255 e. The summed E-state index contributed by atoms with van der Waals surface area (Å²) in [5.41, 5.74) is 2.19. The van der Waals surface area contributed by atoms with E-state index in [1.54, 1.807) is 54.6 Å². The van der Waals surface area contributed by atoms with Crippen molar-refractivity contribution in [2.24, 2.45) is 0 Å². The Labute approximate surface area is 198 Å². The predicted octanol–water partition coefficient (Wildman–Crippen LogP) is 3.17. The number of nitrogens with zero attached hydrogens (tertiary/aromatic N) is 2. The van der Waals surface area contributed by atoms with Gasteiger partial charge in [-0.25, -0.2) is 8.42 Å². The number of nitrogens with one attached hydrogen (secondary N) is 1. The lowest BCUT2D eigenvalue weighted by molar-refractivity contribution is 0.102. The van der Waals surface area contributed by atoms with E-state index in [2.05, 4.69) is 10.2 Å². The van der Waals surface area contributed by atoms with Crippen molar-refractivity contribution in [1.29, 1.82) is 0 Å². The molecule has 2 heterocycles. The van der Waals surface area contributed by atoms with Gasteiger partial charge >= 0.3 is 0 Å². The van der Waals surface area contributed by atoms with Crippen LogP contribution in [0.5, 0.6) is 11.5 Å². The highest BCUT2D eigenvalue weighted by atomic mass is 32.2. The number of rotatable bonds is 6. The average Bonchev–Trinajstić information content (AvgIpc) is 3.33. The van der Waals surface area contributed by atoms with Gasteiger partial charge in [0.15, 0.2) is 11.5 Å². The van der Waals surface area contributed by atoms with Gasteiger partial charge in [0.05, 0.1) is 4.90 Å². The highest BCUT2D eigenvalue weighted by Crippen LogP contribution is 2.34. The number of ether oxygens (including phenoxy) is 2. The van der Waals surface area contributed by atoms with Crippen LogP contribution in [0, 0.1) is 0 Å². The summed E-state index contributed by atoms with van der Waals surface area (Å²) in [7, 11) is -3.47. The van der Waals surface area contributed by atoms with Crippen LogP contribution in [0.1, 0.15) is 15.9 Å². The minimum atomic E-state index is -3.47. The number of benzene rings is 3. The molecule has 1 amide bonds. The summed E-state index contributed by atoms with van der Waals surface area (Å²) in [6.45, 7) is 2.94. The molecule has 0 spiro atoms. The van der Waals surface area contributed by atoms with E-state index in [-0.39, 0.29) is 12.7 Å². The molecular formula is C25H25N3O5S. The van der Waals surface area contributed by atoms with Crippen LogP contribution in [0.2, 0.25) is 0 Å². The molecule has 34 heavy (non-hydrogen) atoms. The van der Waals surface area contributed by atoms with Gasteiger partial charge in [-0.05, 0) is 42.0 Å². The molecule has 3 aromatic rings. The molecule has 0 saturated carbocycles. The maximum atomic E-state index is 12.8. The molecule has 1 N–H and O–H groups in total. The van der Waals surface area contributed by atoms with Gasteiger partial charge < -0.3 is 14.8 Å². The van der Waals surface area contributed by atoms with Crippen molar-refractivity contribution in [2.75, 3.05) is 38.3 Å². The van der Waals surface area contributed by atoms with Crippen molar-refractivity contribution in [3.8, 4) is 11.5 Å². The quantitative estimate of drug-likeness (QED) is 0.584. The summed E-state index contributed by atoms with van der Waals surface area (Å²) in [4.78, 5) is 15.3. The van der Waals surface area contributed by atoms with Gasteiger partial charge in [0.2, 0.25) is 16.8 Å². The smallest absolute Gasteiger partial charge is 0.255 e. The number of piperazine rings is 1. The minimum absolute atomic E-state index is 0.182. The summed E-state index contributed by atoms with van der Waals surface area (Å²) in [6, 6.07) is 21.3. The van der Waals surface area contributed by atoms with Crippen molar-refractivity contribution < 1.29 is 22.7 Å². The van der Waals surface area contributed by atoms with Crippen LogP contribution in [0.15, 0.2) is 77.7 Å². The van der Waals surface area contributed by atoms with E-state index in [9.17, 15) is 13.2 Å². The molecular weight excluding hydrogens is 454 g/mol. The van der Waals surface area contributed by atoms with Crippen molar-refractivity contribution in [2.45, 2.75) is 11.4 Å². The van der Waals surface area contributed by atoms with E-state index in [0.717, 1.165) is 5.56 Å². The summed E-state index contributed by atoms with van der Waals surface area (Å²) in [5.74, 6) is 1.07. The summed E-state index contributed by atoms with van der Waals surface area (Å²) in [5, 5.41) is 2.90. The van der Waals surface area contributed by atoms with Crippen LogP contribution >= 0.6 is 0 Å². The first kappa shape index (κ1) is 22.4. The first-order chi connectivity index (χ1) is 16.5. The largest absolute Gasteiger partial charge is 0.454 e. The van der Waals surface area contributed by atoms with Gasteiger partial charge in [-0.3, -0.25) is 9.69 Å². The number of carbonyl (C=O) groups is 1. The highest BCUT2D eigenvalue weighted by Gasteiger charge is 2.28. The monoisotopic (exact) mass is 479 g/mol. The van der Waals surface area contributed by atoms with Crippen LogP contribution in [0.4, 0.5) is 5.69 Å². The second kappa shape index (κ2) is 9.46. The lowest BCUT2D eigenvalue weighted by Crippen LogP contribution is -2.48. The van der Waals surface area contributed by atoms with Gasteiger partial charge in [-0.1, -0.05) is 30.3 Å². The fourth-order valence-electron chi connectivity index (χ4n) is 4.12. The van der Waals surface area contributed by atoms with E-state index >= 15 is 0 Å². The number of carbonyl (C=O) groups excluding carboxylic acids is 1. The zero-order chi connectivity index (χ0) is 23.5. The van der Waals surface area contributed by atoms with Crippen molar-refractivity contribution in [3.05, 3.63) is 83.9 Å². The Bertz CT molecular complexity index is 1290. The molecule has 0 radical (unpaired) electrons. The maximum absolute atomic E-state index is 12.8. The zero-order valence-electron chi connectivity index (χ0n) is 18.5. The number of fused-ring (bicyclic) bond motifs is 1. The van der Waals surface area contributed by atoms with Gasteiger partial charge in [0.1, 0.15) is 0 Å². The van der Waals surface area contributed by atoms with Gasteiger partial charge in [0, 0.05) is 50.0 Å². The number of amides is 1. The molecule has 0 aromatic heterocycles. The second-order valence-corrected chi connectivity index (χ2v) is 10.2. The fraction of sp³-hybridized carbons (Fsp3) is 0.240. The van der Waals surface area contributed by atoms with Crippen molar-refractivity contribution in [1.82, 2.24) is 9.21 Å². The third-order valence-corrected chi connectivity index (χ3v) is 7.85. The van der Waals surface area contributed by atoms with Crippen molar-refractivity contribution in [3.63, 3.8) is 0 Å². The third kappa shape index (κ3) is 4.77. The number of hydrogen-bond acceptors (Lipinski definition) is 6. The third-order valence-electron chi connectivity index (χ3n) is 5.94. The van der Waals surface area contributed by atoms with Crippen LogP contribution in [-0.4, -0.2) is 56.5 Å². The lowest BCUT2D eigenvalue weighted by Gasteiger charge is -2.34. The Hall–Kier alpha value is -3.40.